The molecule has 0 atom stereocenters. The Morgan fingerprint density at radius 2 is 1.45 bits per heavy atom. The van der Waals surface area contributed by atoms with Gasteiger partial charge < -0.3 is 19.7 Å². The highest BCUT2D eigenvalue weighted by Gasteiger charge is 2.48. The maximum Gasteiger partial charge on any atom is 0.235 e. The summed E-state index contributed by atoms with van der Waals surface area (Å²) in [6.07, 6.45) is 2.72. The van der Waals surface area contributed by atoms with Gasteiger partial charge in [0.05, 0.1) is 19.7 Å². The lowest BCUT2D eigenvalue weighted by Gasteiger charge is -2.36. The zero-order valence-electron chi connectivity index (χ0n) is 27.2. The molecule has 5 aromatic rings. The molecule has 2 heterocycles. The molecule has 1 aliphatic carbocycles. The molecule has 0 bridgehead atoms. The maximum atomic E-state index is 14.5. The summed E-state index contributed by atoms with van der Waals surface area (Å²) in [5.41, 5.74) is 5.77. The number of benzene rings is 4. The minimum absolute atomic E-state index is 0.0428. The zero-order chi connectivity index (χ0) is 32.2. The van der Waals surface area contributed by atoms with Crippen LogP contribution in [0.15, 0.2) is 103 Å². The molecule has 1 aliphatic heterocycles. The summed E-state index contributed by atoms with van der Waals surface area (Å²) in [5, 5.41) is 4.49. The first-order chi connectivity index (χ1) is 23.1. The van der Waals surface area contributed by atoms with Crippen LogP contribution in [0.1, 0.15) is 36.0 Å². The number of rotatable bonds is 11. The van der Waals surface area contributed by atoms with Crippen LogP contribution < -0.4 is 19.7 Å². The van der Waals surface area contributed by atoms with Gasteiger partial charge in [0.25, 0.3) is 0 Å². The minimum Gasteiger partial charge on any atom is -0.493 e. The van der Waals surface area contributed by atoms with Gasteiger partial charge in [0.15, 0.2) is 11.5 Å². The molecule has 0 saturated carbocycles. The Kier molecular flexibility index (Phi) is 8.81. The number of anilines is 1. The van der Waals surface area contributed by atoms with Gasteiger partial charge in [-0.15, -0.1) is 0 Å². The van der Waals surface area contributed by atoms with Crippen molar-refractivity contribution in [3.05, 3.63) is 120 Å². The number of nitrogens with one attached hydrogen (secondary N) is 1. The second-order valence-corrected chi connectivity index (χ2v) is 12.5. The van der Waals surface area contributed by atoms with E-state index in [-0.39, 0.29) is 5.91 Å². The van der Waals surface area contributed by atoms with E-state index in [9.17, 15) is 4.79 Å². The van der Waals surface area contributed by atoms with Gasteiger partial charge in [-0.2, -0.15) is 0 Å². The van der Waals surface area contributed by atoms with E-state index in [2.05, 4.69) is 94.0 Å². The number of carbonyl (C=O) groups excluding carboxylic acids is 1. The van der Waals surface area contributed by atoms with Gasteiger partial charge in [0.2, 0.25) is 5.91 Å². The maximum absolute atomic E-state index is 14.5. The fourth-order valence-corrected chi connectivity index (χ4v) is 7.43. The Bertz CT molecular complexity index is 1840. The topological polar surface area (TPSA) is 66.9 Å². The molecule has 2 aliphatic rings. The molecule has 1 saturated heterocycles. The van der Waals surface area contributed by atoms with E-state index in [0.29, 0.717) is 18.0 Å². The van der Waals surface area contributed by atoms with Crippen LogP contribution in [0.25, 0.3) is 22.0 Å². The lowest BCUT2D eigenvalue weighted by Crippen LogP contribution is -2.47. The Labute approximate surface area is 277 Å². The third-order valence-corrected chi connectivity index (χ3v) is 9.91. The number of para-hydroxylation sites is 1. The number of methoxy groups -OCH3 is 2. The molecule has 47 heavy (non-hydrogen) atoms. The van der Waals surface area contributed by atoms with Crippen molar-refractivity contribution < 1.29 is 14.3 Å². The molecule has 240 valence electrons. The van der Waals surface area contributed by atoms with Gasteiger partial charge in [0, 0.05) is 38.1 Å². The third-order valence-electron chi connectivity index (χ3n) is 9.91. The van der Waals surface area contributed by atoms with E-state index in [4.69, 9.17) is 14.5 Å². The molecule has 0 unspecified atom stereocenters. The number of hydrogen-bond acceptors (Lipinski definition) is 6. The highest BCUT2D eigenvalue weighted by Crippen LogP contribution is 2.51. The number of piperazine rings is 1. The molecule has 1 amide bonds. The third kappa shape index (κ3) is 5.92. The Morgan fingerprint density at radius 1 is 0.766 bits per heavy atom. The van der Waals surface area contributed by atoms with E-state index in [1.165, 1.54) is 5.39 Å². The highest BCUT2D eigenvalue weighted by atomic mass is 16.5. The lowest BCUT2D eigenvalue weighted by molar-refractivity contribution is -0.125. The van der Waals surface area contributed by atoms with Crippen molar-refractivity contribution in [3.8, 4) is 22.6 Å². The second-order valence-electron chi connectivity index (χ2n) is 12.5. The van der Waals surface area contributed by atoms with E-state index >= 15 is 0 Å². The Balaban J connectivity index is 1.03. The fraction of sp³-hybridized carbons (Fsp3) is 0.300. The summed E-state index contributed by atoms with van der Waals surface area (Å²) in [4.78, 5) is 24.4. The number of fused-ring (bicyclic) bond motifs is 4. The van der Waals surface area contributed by atoms with E-state index in [0.717, 1.165) is 91.1 Å². The van der Waals surface area contributed by atoms with Crippen molar-refractivity contribution in [2.45, 2.75) is 31.2 Å². The molecule has 1 N–H and O–H groups in total. The van der Waals surface area contributed by atoms with Crippen LogP contribution in [-0.4, -0.2) is 62.7 Å². The highest BCUT2D eigenvalue weighted by molar-refractivity contribution is 6.00. The molecule has 0 radical (unpaired) electrons. The zero-order valence-corrected chi connectivity index (χ0v) is 27.2. The molecular weight excluding hydrogens is 584 g/mol. The average Bonchev–Trinajstić information content (AvgIpc) is 3.42. The van der Waals surface area contributed by atoms with Crippen LogP contribution in [0.5, 0.6) is 11.5 Å². The Hall–Kier alpha value is -4.88. The predicted octanol–water partition coefficient (Wildman–Crippen LogP) is 6.83. The molecule has 0 spiro atoms. The SMILES string of the molecule is COc1ccc(CNC(=O)C2(CCCCN3CCN(c4ccc5ccccc5n4)CC3)c3ccccc3-c3ccccc32)cc1OC. The molecule has 7 rings (SSSR count). The summed E-state index contributed by atoms with van der Waals surface area (Å²) in [6.45, 7) is 5.38. The van der Waals surface area contributed by atoms with Crippen LogP contribution in [-0.2, 0) is 16.8 Å². The minimum atomic E-state index is -0.746. The van der Waals surface area contributed by atoms with Crippen molar-refractivity contribution in [1.82, 2.24) is 15.2 Å². The van der Waals surface area contributed by atoms with Gasteiger partial charge in [-0.25, -0.2) is 4.98 Å². The standard InChI is InChI=1S/C40H42N4O3/c1-46-36-19-17-29(27-37(36)47-2)28-41-39(45)40(33-14-6-4-12-31(33)32-13-5-7-15-34(32)40)21-9-10-22-43-23-25-44(26-24-43)38-20-18-30-11-3-8-16-35(30)42-38/h3-8,11-20,27H,9-10,21-26,28H2,1-2H3,(H,41,45). The van der Waals surface area contributed by atoms with Crippen LogP contribution >= 0.6 is 0 Å². The van der Waals surface area contributed by atoms with E-state index in [1.54, 1.807) is 14.2 Å². The van der Waals surface area contributed by atoms with Crippen molar-refractivity contribution in [1.29, 1.82) is 0 Å². The van der Waals surface area contributed by atoms with Crippen molar-refractivity contribution in [2.75, 3.05) is 51.8 Å². The molecule has 4 aromatic carbocycles. The second kappa shape index (κ2) is 13.5. The van der Waals surface area contributed by atoms with Gasteiger partial charge >= 0.3 is 0 Å². The van der Waals surface area contributed by atoms with Crippen LogP contribution in [0.4, 0.5) is 5.82 Å². The Morgan fingerprint density at radius 3 is 2.17 bits per heavy atom. The summed E-state index contributed by atoms with van der Waals surface area (Å²) in [5.74, 6) is 2.42. The number of hydrogen-bond donors (Lipinski definition) is 1. The number of aromatic nitrogens is 1. The number of carbonyl (C=O) groups is 1. The van der Waals surface area contributed by atoms with Crippen molar-refractivity contribution >= 4 is 22.6 Å². The van der Waals surface area contributed by atoms with Gasteiger partial charge in [-0.3, -0.25) is 9.69 Å². The van der Waals surface area contributed by atoms with E-state index < -0.39 is 5.41 Å². The van der Waals surface area contributed by atoms with Crippen molar-refractivity contribution in [2.24, 2.45) is 0 Å². The number of nitrogens with zero attached hydrogens (tertiary/aromatic N) is 3. The normalized spacial score (nSPS) is 15.2. The summed E-state index contributed by atoms with van der Waals surface area (Å²) in [7, 11) is 3.26. The first-order valence-corrected chi connectivity index (χ1v) is 16.6. The van der Waals surface area contributed by atoms with Gasteiger partial charge in [-0.05, 0) is 77.5 Å². The van der Waals surface area contributed by atoms with E-state index in [1.807, 2.05) is 24.3 Å². The fourth-order valence-electron chi connectivity index (χ4n) is 7.43. The molecule has 7 heteroatoms. The largest absolute Gasteiger partial charge is 0.493 e. The first-order valence-electron chi connectivity index (χ1n) is 16.6. The smallest absolute Gasteiger partial charge is 0.235 e. The summed E-state index contributed by atoms with van der Waals surface area (Å²) >= 11 is 0. The monoisotopic (exact) mass is 626 g/mol. The van der Waals surface area contributed by atoms with Crippen LogP contribution in [0, 0.1) is 0 Å². The predicted molar refractivity (Wildman–Crippen MR) is 188 cm³/mol. The summed E-state index contributed by atoms with van der Waals surface area (Å²) in [6, 6.07) is 35.3. The number of unbranched alkanes of at least 4 members (excludes halogenated alkanes) is 1. The summed E-state index contributed by atoms with van der Waals surface area (Å²) < 4.78 is 10.9. The first kappa shape index (κ1) is 30.8. The quantitative estimate of drug-likeness (QED) is 0.162. The van der Waals surface area contributed by atoms with Crippen LogP contribution in [0.2, 0.25) is 0 Å². The molecule has 1 fully saturated rings. The molecule has 1 aromatic heterocycles. The van der Waals surface area contributed by atoms with Crippen LogP contribution in [0.3, 0.4) is 0 Å². The van der Waals surface area contributed by atoms with Gasteiger partial charge in [-0.1, -0.05) is 79.2 Å². The number of amides is 1. The van der Waals surface area contributed by atoms with Gasteiger partial charge in [0.1, 0.15) is 11.2 Å². The number of pyridine rings is 1. The van der Waals surface area contributed by atoms with Crippen molar-refractivity contribution in [3.63, 3.8) is 0 Å². The molecular formula is C40H42N4O3. The average molecular weight is 627 g/mol. The lowest BCUT2D eigenvalue weighted by atomic mass is 9.73. The number of ether oxygens (including phenoxy) is 2. The molecule has 7 nitrogen and oxygen atoms in total.